The van der Waals surface area contributed by atoms with E-state index in [1.54, 1.807) is 0 Å². The van der Waals surface area contributed by atoms with Crippen LogP contribution < -0.4 is 0 Å². The van der Waals surface area contributed by atoms with Crippen molar-refractivity contribution in [3.63, 3.8) is 0 Å². The fourth-order valence-electron chi connectivity index (χ4n) is 0.500. The molecule has 0 heterocycles. The Hall–Kier alpha value is 0.700. The van der Waals surface area contributed by atoms with Gasteiger partial charge in [-0.3, -0.25) is 0 Å². The number of hydrogen-bond acceptors (Lipinski definition) is 1. The van der Waals surface area contributed by atoms with Crippen LogP contribution in [0.2, 0.25) is 0 Å². The zero-order valence-electron chi connectivity index (χ0n) is 5.65. The lowest BCUT2D eigenvalue weighted by Gasteiger charge is -1.98. The summed E-state index contributed by atoms with van der Waals surface area (Å²) in [4.78, 5) is 0. The van der Waals surface area contributed by atoms with E-state index in [0.29, 0.717) is 0 Å². The van der Waals surface area contributed by atoms with Crippen LogP contribution in [-0.4, -0.2) is 5.75 Å². The van der Waals surface area contributed by atoms with Crippen LogP contribution in [0.15, 0.2) is 0 Å². The largest absolute Gasteiger partial charge is 0.197 e. The summed E-state index contributed by atoms with van der Waals surface area (Å²) in [5.74, 6) is 1.89. The van der Waals surface area contributed by atoms with E-state index in [0.717, 1.165) is 11.7 Å². The van der Waals surface area contributed by atoms with Gasteiger partial charge in [-0.15, -0.1) is 0 Å². The van der Waals surface area contributed by atoms with Gasteiger partial charge >= 0.3 is 0 Å². The molecule has 0 nitrogen and oxygen atoms in total. The van der Waals surface area contributed by atoms with E-state index in [4.69, 9.17) is 0 Å². The van der Waals surface area contributed by atoms with Crippen molar-refractivity contribution < 1.29 is 0 Å². The Bertz CT molecular complexity index is 35.5. The maximum atomic E-state index is 4.10. The SMILES string of the molecule is CC(C)CCCS.S. The van der Waals surface area contributed by atoms with Gasteiger partial charge in [-0.1, -0.05) is 20.3 Å². The quantitative estimate of drug-likeness (QED) is 0.590. The fourth-order valence-corrected chi connectivity index (χ4v) is 0.682. The van der Waals surface area contributed by atoms with Crippen molar-refractivity contribution in [1.29, 1.82) is 0 Å². The predicted molar refractivity (Wildman–Crippen MR) is 48.3 cm³/mol. The molecule has 0 aromatic heterocycles. The molecule has 2 heteroatoms. The van der Waals surface area contributed by atoms with Gasteiger partial charge in [0.15, 0.2) is 0 Å². The summed E-state index contributed by atoms with van der Waals surface area (Å²) in [5, 5.41) is 0. The van der Waals surface area contributed by atoms with Crippen LogP contribution in [0.5, 0.6) is 0 Å². The molecule has 0 aromatic carbocycles. The maximum Gasteiger partial charge on any atom is -0.00978 e. The lowest BCUT2D eigenvalue weighted by Crippen LogP contribution is -1.85. The van der Waals surface area contributed by atoms with Crippen molar-refractivity contribution in [2.75, 3.05) is 5.75 Å². The molecule has 0 saturated carbocycles. The molecule has 0 bridgehead atoms. The van der Waals surface area contributed by atoms with Crippen LogP contribution in [0.25, 0.3) is 0 Å². The smallest absolute Gasteiger partial charge is 0.00978 e. The van der Waals surface area contributed by atoms with Gasteiger partial charge < -0.3 is 0 Å². The van der Waals surface area contributed by atoms with E-state index in [2.05, 4.69) is 26.5 Å². The summed E-state index contributed by atoms with van der Waals surface area (Å²) in [6.45, 7) is 4.48. The van der Waals surface area contributed by atoms with Crippen LogP contribution in [-0.2, 0) is 0 Å². The summed E-state index contributed by atoms with van der Waals surface area (Å²) in [5.41, 5.74) is 0. The topological polar surface area (TPSA) is 0 Å². The van der Waals surface area contributed by atoms with Crippen molar-refractivity contribution in [1.82, 2.24) is 0 Å². The third-order valence-corrected chi connectivity index (χ3v) is 1.26. The highest BCUT2D eigenvalue weighted by Gasteiger charge is 1.89. The van der Waals surface area contributed by atoms with Gasteiger partial charge in [-0.05, 0) is 18.1 Å². The lowest BCUT2D eigenvalue weighted by molar-refractivity contribution is 0.579. The highest BCUT2D eigenvalue weighted by molar-refractivity contribution is 7.80. The highest BCUT2D eigenvalue weighted by atomic mass is 32.1. The van der Waals surface area contributed by atoms with Gasteiger partial charge in [0, 0.05) is 0 Å². The molecule has 0 aliphatic rings. The summed E-state index contributed by atoms with van der Waals surface area (Å²) < 4.78 is 0. The first-order valence-electron chi connectivity index (χ1n) is 2.88. The molecule has 52 valence electrons. The van der Waals surface area contributed by atoms with Crippen molar-refractivity contribution in [3.05, 3.63) is 0 Å². The Kier molecular flexibility index (Phi) is 11.1. The van der Waals surface area contributed by atoms with Crippen molar-refractivity contribution >= 4 is 26.1 Å². The number of thiol groups is 1. The lowest BCUT2D eigenvalue weighted by atomic mass is 10.1. The third-order valence-electron chi connectivity index (χ3n) is 0.940. The van der Waals surface area contributed by atoms with Gasteiger partial charge in [-0.25, -0.2) is 0 Å². The average molecular weight is 152 g/mol. The predicted octanol–water partition coefficient (Wildman–Crippen LogP) is 2.47. The minimum atomic E-state index is 0. The first-order chi connectivity index (χ1) is 3.27. The molecule has 0 radical (unpaired) electrons. The molecule has 0 saturated heterocycles. The average Bonchev–Trinajstić information content (AvgIpc) is 1.61. The van der Waals surface area contributed by atoms with E-state index in [1.807, 2.05) is 0 Å². The van der Waals surface area contributed by atoms with Crippen LogP contribution in [0, 0.1) is 5.92 Å². The molecule has 0 rings (SSSR count). The second-order valence-corrected chi connectivity index (χ2v) is 2.71. The van der Waals surface area contributed by atoms with Gasteiger partial charge in [-0.2, -0.15) is 26.1 Å². The monoisotopic (exact) mass is 152 g/mol. The Morgan fingerprint density at radius 3 is 2.00 bits per heavy atom. The third kappa shape index (κ3) is 9.85. The molecule has 0 aliphatic heterocycles. The molecule has 0 aliphatic carbocycles. The van der Waals surface area contributed by atoms with E-state index in [1.165, 1.54) is 12.8 Å². The molecular weight excluding hydrogens is 136 g/mol. The summed E-state index contributed by atoms with van der Waals surface area (Å²) in [6.07, 6.45) is 2.59. The van der Waals surface area contributed by atoms with E-state index in [-0.39, 0.29) is 13.5 Å². The fraction of sp³-hybridized carbons (Fsp3) is 1.00. The molecule has 0 spiro atoms. The summed E-state index contributed by atoms with van der Waals surface area (Å²) in [6, 6.07) is 0. The van der Waals surface area contributed by atoms with Gasteiger partial charge in [0.1, 0.15) is 0 Å². The molecule has 0 aromatic rings. The standard InChI is InChI=1S/C6H14S.H2S/c1-6(2)4-3-5-7;/h6-7H,3-5H2,1-2H3;1H2. The van der Waals surface area contributed by atoms with E-state index >= 15 is 0 Å². The Balaban J connectivity index is 0. The highest BCUT2D eigenvalue weighted by Crippen LogP contribution is 2.02. The molecule has 0 fully saturated rings. The maximum absolute atomic E-state index is 4.10. The van der Waals surface area contributed by atoms with Crippen LogP contribution in [0.3, 0.4) is 0 Å². The first-order valence-corrected chi connectivity index (χ1v) is 3.51. The molecule has 0 amide bonds. The Labute approximate surface area is 64.9 Å². The van der Waals surface area contributed by atoms with Crippen molar-refractivity contribution in [2.24, 2.45) is 5.92 Å². The first kappa shape index (κ1) is 11.5. The van der Waals surface area contributed by atoms with E-state index in [9.17, 15) is 0 Å². The molecule has 0 atom stereocenters. The van der Waals surface area contributed by atoms with Gasteiger partial charge in [0.05, 0.1) is 0 Å². The minimum Gasteiger partial charge on any atom is -0.197 e. The Morgan fingerprint density at radius 2 is 1.88 bits per heavy atom. The van der Waals surface area contributed by atoms with Gasteiger partial charge in [0.25, 0.3) is 0 Å². The minimum absolute atomic E-state index is 0. The second kappa shape index (κ2) is 7.70. The molecule has 8 heavy (non-hydrogen) atoms. The van der Waals surface area contributed by atoms with Crippen LogP contribution in [0.4, 0.5) is 0 Å². The second-order valence-electron chi connectivity index (χ2n) is 2.26. The molecule has 0 N–H and O–H groups in total. The summed E-state index contributed by atoms with van der Waals surface area (Å²) in [7, 11) is 0. The van der Waals surface area contributed by atoms with Crippen molar-refractivity contribution in [3.8, 4) is 0 Å². The normalized spacial score (nSPS) is 9.00. The van der Waals surface area contributed by atoms with Crippen molar-refractivity contribution in [2.45, 2.75) is 26.7 Å². The molecule has 0 unspecified atom stereocenters. The number of hydrogen-bond donors (Lipinski definition) is 1. The summed E-state index contributed by atoms with van der Waals surface area (Å²) >= 11 is 4.10. The van der Waals surface area contributed by atoms with E-state index < -0.39 is 0 Å². The zero-order valence-corrected chi connectivity index (χ0v) is 7.54. The molecular formula is C6H16S2. The zero-order chi connectivity index (χ0) is 5.70. The Morgan fingerprint density at radius 1 is 1.38 bits per heavy atom. The number of rotatable bonds is 3. The van der Waals surface area contributed by atoms with Crippen LogP contribution >= 0.6 is 26.1 Å². The van der Waals surface area contributed by atoms with Crippen LogP contribution in [0.1, 0.15) is 26.7 Å². The van der Waals surface area contributed by atoms with Gasteiger partial charge in [0.2, 0.25) is 0 Å².